The summed E-state index contributed by atoms with van der Waals surface area (Å²) in [4.78, 5) is 36.5. The van der Waals surface area contributed by atoms with E-state index in [4.69, 9.17) is 45.3 Å². The van der Waals surface area contributed by atoms with Crippen molar-refractivity contribution in [3.63, 3.8) is 0 Å². The van der Waals surface area contributed by atoms with E-state index in [2.05, 4.69) is 0 Å². The molecule has 1 aromatic heterocycles. The average molecular weight is 595 g/mol. The third-order valence-corrected chi connectivity index (χ3v) is 8.66. The number of hydrogen-bond donors (Lipinski definition) is 0. The lowest BCUT2D eigenvalue weighted by molar-refractivity contribution is -0.141. The minimum atomic E-state index is -0.783. The summed E-state index contributed by atoms with van der Waals surface area (Å²) in [6, 6.07) is 21.7. The van der Waals surface area contributed by atoms with Crippen LogP contribution in [0.25, 0.3) is 22.1 Å². The van der Waals surface area contributed by atoms with Crippen LogP contribution in [0.4, 0.5) is 0 Å². The molecule has 4 atom stereocenters. The first-order chi connectivity index (χ1) is 21.0. The highest BCUT2D eigenvalue weighted by molar-refractivity contribution is 6.30. The quantitative estimate of drug-likeness (QED) is 0.183. The number of para-hydroxylation sites is 2. The molecule has 0 amide bonds. The second-order valence-corrected chi connectivity index (χ2v) is 11.2. The number of carbonyl (C=O) groups excluding carboxylic acids is 2. The summed E-state index contributed by atoms with van der Waals surface area (Å²) in [5.41, 5.74) is 5.33. The molecule has 0 spiro atoms. The first kappa shape index (κ1) is 25.8. The Morgan fingerprint density at radius 3 is 2.42 bits per heavy atom. The largest absolute Gasteiger partial charge is 0.494 e. The number of rotatable bonds is 4. The monoisotopic (exact) mass is 594 g/mol. The van der Waals surface area contributed by atoms with Gasteiger partial charge in [0.05, 0.1) is 41.7 Å². The van der Waals surface area contributed by atoms with E-state index < -0.39 is 29.8 Å². The molecule has 5 aromatic rings. The van der Waals surface area contributed by atoms with Gasteiger partial charge in [0.1, 0.15) is 17.4 Å². The van der Waals surface area contributed by atoms with Gasteiger partial charge in [0.2, 0.25) is 6.79 Å². The fourth-order valence-electron chi connectivity index (χ4n) is 6.51. The van der Waals surface area contributed by atoms with Crippen molar-refractivity contribution in [3.05, 3.63) is 100 Å². The highest BCUT2D eigenvalue weighted by atomic mass is 35.5. The van der Waals surface area contributed by atoms with E-state index >= 15 is 0 Å². The number of cyclic esters (lactones) is 1. The van der Waals surface area contributed by atoms with Gasteiger partial charge in [0, 0.05) is 22.4 Å². The number of hydrogen-bond acceptors (Lipinski definition) is 9. The minimum absolute atomic E-state index is 0.0667. The fourth-order valence-corrected chi connectivity index (χ4v) is 6.70. The summed E-state index contributed by atoms with van der Waals surface area (Å²) in [5, 5.41) is 0.417. The number of benzene rings is 4. The maximum Gasteiger partial charge on any atom is 0.338 e. The number of fused-ring (bicyclic) bond motifs is 5. The summed E-state index contributed by atoms with van der Waals surface area (Å²) in [6.45, 7) is 0.160. The summed E-state index contributed by atoms with van der Waals surface area (Å²) >= 11 is 6.15. The van der Waals surface area contributed by atoms with Crippen LogP contribution in [0.15, 0.2) is 72.8 Å². The lowest BCUT2D eigenvalue weighted by atomic mass is 9.66. The number of methoxy groups -OCH3 is 1. The first-order valence-electron chi connectivity index (χ1n) is 13.8. The van der Waals surface area contributed by atoms with Crippen LogP contribution in [0, 0.1) is 11.8 Å². The molecule has 4 aromatic carbocycles. The lowest BCUT2D eigenvalue weighted by Crippen LogP contribution is -2.36. The number of ether oxygens (including phenoxy) is 5. The van der Waals surface area contributed by atoms with Crippen LogP contribution in [0.3, 0.4) is 0 Å². The van der Waals surface area contributed by atoms with Crippen molar-refractivity contribution in [1.29, 1.82) is 0 Å². The van der Waals surface area contributed by atoms with Gasteiger partial charge in [-0.25, -0.2) is 14.8 Å². The van der Waals surface area contributed by atoms with E-state index in [1.807, 2.05) is 48.5 Å². The van der Waals surface area contributed by atoms with Gasteiger partial charge in [-0.1, -0.05) is 29.8 Å². The fraction of sp³-hybridized carbons (Fsp3) is 0.212. The molecule has 0 radical (unpaired) electrons. The maximum atomic E-state index is 13.5. The molecular weight excluding hydrogens is 572 g/mol. The molecule has 9 nitrogen and oxygen atoms in total. The predicted octanol–water partition coefficient (Wildman–Crippen LogP) is 6.01. The Bertz CT molecular complexity index is 1980. The number of esters is 2. The minimum Gasteiger partial charge on any atom is -0.494 e. The van der Waals surface area contributed by atoms with Gasteiger partial charge in [-0.2, -0.15) is 0 Å². The Morgan fingerprint density at radius 1 is 0.884 bits per heavy atom. The molecular formula is C33H23ClN2O7. The van der Waals surface area contributed by atoms with Crippen molar-refractivity contribution in [2.45, 2.75) is 12.0 Å². The highest BCUT2D eigenvalue weighted by Crippen LogP contribution is 2.56. The van der Waals surface area contributed by atoms with Gasteiger partial charge >= 0.3 is 11.9 Å². The molecule has 1 aliphatic carbocycles. The van der Waals surface area contributed by atoms with Crippen LogP contribution in [0.1, 0.15) is 39.1 Å². The smallest absolute Gasteiger partial charge is 0.338 e. The van der Waals surface area contributed by atoms with Gasteiger partial charge in [-0.05, 0) is 65.7 Å². The zero-order valence-electron chi connectivity index (χ0n) is 22.8. The summed E-state index contributed by atoms with van der Waals surface area (Å²) in [7, 11) is 1.58. The van der Waals surface area contributed by atoms with Crippen LogP contribution in [0.5, 0.6) is 17.2 Å². The topological polar surface area (TPSA) is 106 Å². The zero-order chi connectivity index (χ0) is 29.2. The van der Waals surface area contributed by atoms with Crippen LogP contribution in [-0.4, -0.2) is 42.4 Å². The van der Waals surface area contributed by atoms with E-state index in [0.717, 1.165) is 22.2 Å². The highest BCUT2D eigenvalue weighted by Gasteiger charge is 2.54. The molecule has 0 bridgehead atoms. The van der Waals surface area contributed by atoms with Crippen molar-refractivity contribution in [2.24, 2.45) is 11.8 Å². The molecule has 10 heteroatoms. The van der Waals surface area contributed by atoms with Gasteiger partial charge < -0.3 is 23.7 Å². The molecule has 0 N–H and O–H groups in total. The second-order valence-electron chi connectivity index (χ2n) is 10.8. The van der Waals surface area contributed by atoms with Crippen molar-refractivity contribution < 1.29 is 33.3 Å². The summed E-state index contributed by atoms with van der Waals surface area (Å²) < 4.78 is 29.1. The Labute approximate surface area is 250 Å². The van der Waals surface area contributed by atoms with E-state index in [-0.39, 0.29) is 19.4 Å². The molecule has 3 heterocycles. The molecule has 8 rings (SSSR count). The van der Waals surface area contributed by atoms with Gasteiger partial charge in [0.15, 0.2) is 11.5 Å². The Morgan fingerprint density at radius 2 is 1.65 bits per heavy atom. The Hall–Kier alpha value is -4.89. The number of aromatic nitrogens is 2. The third kappa shape index (κ3) is 4.14. The number of halogens is 1. The standard InChI is InChI=1S/C33H23ClN2O7/c1-39-27-11-17(10-24-30(27)36-23-8-3-2-7-22(23)35-24)28-19-12-25-26(42-15-41-25)13-20(19)31(21-14-40-33(38)29(21)28)43-32(37)16-5-4-6-18(34)9-16/h2-13,21,28-29,31H,14-15H2,1H3/t21-,28+,29-,31+/m0/s1. The Balaban J connectivity index is 1.31. The van der Waals surface area contributed by atoms with E-state index in [9.17, 15) is 9.59 Å². The van der Waals surface area contributed by atoms with Crippen LogP contribution < -0.4 is 14.2 Å². The van der Waals surface area contributed by atoms with Crippen LogP contribution >= 0.6 is 11.6 Å². The average Bonchev–Trinajstić information content (AvgIpc) is 3.64. The van der Waals surface area contributed by atoms with Crippen molar-refractivity contribution in [2.75, 3.05) is 20.5 Å². The molecule has 1 fully saturated rings. The summed E-state index contributed by atoms with van der Waals surface area (Å²) in [6.07, 6.45) is -0.783. The molecule has 43 heavy (non-hydrogen) atoms. The van der Waals surface area contributed by atoms with Crippen molar-refractivity contribution in [1.82, 2.24) is 9.97 Å². The molecule has 2 aliphatic heterocycles. The molecule has 0 saturated carbocycles. The Kier molecular flexibility index (Phi) is 5.90. The number of nitrogens with zero attached hydrogens (tertiary/aromatic N) is 2. The molecule has 0 unspecified atom stereocenters. The van der Waals surface area contributed by atoms with Crippen LogP contribution in [0.2, 0.25) is 5.02 Å². The first-order valence-corrected chi connectivity index (χ1v) is 14.2. The lowest BCUT2D eigenvalue weighted by Gasteiger charge is -2.38. The normalized spacial score (nSPS) is 21.8. The van der Waals surface area contributed by atoms with E-state index in [1.165, 1.54) is 0 Å². The SMILES string of the molecule is COc1cc([C@@H]2c3cc4c(cc3[C@@H](OC(=O)c3cccc(Cl)c3)[C@H]3COC(=O)[C@H]23)OCO4)cc2nc3ccccc3nc12. The van der Waals surface area contributed by atoms with Crippen molar-refractivity contribution in [3.8, 4) is 17.2 Å². The van der Waals surface area contributed by atoms with E-state index in [1.54, 1.807) is 31.4 Å². The molecule has 214 valence electrons. The second kappa shape index (κ2) is 9.84. The van der Waals surface area contributed by atoms with Gasteiger partial charge in [-0.15, -0.1) is 0 Å². The van der Waals surface area contributed by atoms with Crippen LogP contribution in [-0.2, 0) is 14.3 Å². The van der Waals surface area contributed by atoms with Gasteiger partial charge in [0.25, 0.3) is 0 Å². The molecule has 1 saturated heterocycles. The summed E-state index contributed by atoms with van der Waals surface area (Å²) in [5.74, 6) is -0.889. The third-order valence-electron chi connectivity index (χ3n) is 8.42. The van der Waals surface area contributed by atoms with E-state index in [0.29, 0.717) is 44.4 Å². The zero-order valence-corrected chi connectivity index (χ0v) is 23.5. The van der Waals surface area contributed by atoms with Crippen molar-refractivity contribution >= 4 is 45.6 Å². The number of carbonyl (C=O) groups is 2. The molecule has 3 aliphatic rings. The van der Waals surface area contributed by atoms with Gasteiger partial charge in [-0.3, -0.25) is 4.79 Å². The maximum absolute atomic E-state index is 13.5. The predicted molar refractivity (Wildman–Crippen MR) is 156 cm³/mol.